The maximum atomic E-state index is 13.7. The van der Waals surface area contributed by atoms with Crippen LogP contribution in [0.25, 0.3) is 22.3 Å². The highest BCUT2D eigenvalue weighted by molar-refractivity contribution is 7.91. The average molecular weight is 402 g/mol. The molecule has 0 amide bonds. The van der Waals surface area contributed by atoms with E-state index in [1.807, 2.05) is 60.7 Å². The zero-order valence-electron chi connectivity index (χ0n) is 15.4. The van der Waals surface area contributed by atoms with Gasteiger partial charge in [0.05, 0.1) is 9.79 Å². The molecule has 5 heteroatoms. The molecule has 4 nitrogen and oxygen atoms in total. The van der Waals surface area contributed by atoms with Crippen LogP contribution in [0.1, 0.15) is 0 Å². The Hall–Kier alpha value is -3.57. The van der Waals surface area contributed by atoms with Crippen LogP contribution in [0.5, 0.6) is 11.5 Å². The van der Waals surface area contributed by atoms with Crippen molar-refractivity contribution in [1.29, 1.82) is 0 Å². The summed E-state index contributed by atoms with van der Waals surface area (Å²) < 4.78 is 27.4. The summed E-state index contributed by atoms with van der Waals surface area (Å²) in [6.45, 7) is 0. The van der Waals surface area contributed by atoms with Gasteiger partial charge in [-0.1, -0.05) is 60.7 Å². The lowest BCUT2D eigenvalue weighted by atomic mass is 10.1. The number of hydrogen-bond acceptors (Lipinski definition) is 4. The molecule has 0 bridgehead atoms. The Balaban J connectivity index is 1.99. The molecular formula is C24H18O4S. The summed E-state index contributed by atoms with van der Waals surface area (Å²) in [6.07, 6.45) is 0. The monoisotopic (exact) mass is 402 g/mol. The standard InChI is InChI=1S/C24H18O4S/c25-19-11-13-21(17-7-3-1-4-8-17)23(15-19)29(27,28)24-16-20(26)12-14-22(24)18-9-5-2-6-10-18/h1-16,25-26H. The van der Waals surface area contributed by atoms with E-state index in [0.717, 1.165) is 0 Å². The number of phenols is 2. The molecule has 4 aromatic rings. The first-order chi connectivity index (χ1) is 14.0. The quantitative estimate of drug-likeness (QED) is 0.488. The summed E-state index contributed by atoms with van der Waals surface area (Å²) in [4.78, 5) is -0.0436. The number of benzene rings is 4. The lowest BCUT2D eigenvalue weighted by Crippen LogP contribution is -2.06. The van der Waals surface area contributed by atoms with E-state index < -0.39 is 9.84 Å². The zero-order chi connectivity index (χ0) is 20.4. The van der Waals surface area contributed by atoms with Gasteiger partial charge in [0, 0.05) is 11.1 Å². The first kappa shape index (κ1) is 18.8. The van der Waals surface area contributed by atoms with Gasteiger partial charge in [0.25, 0.3) is 0 Å². The molecule has 0 radical (unpaired) electrons. The molecule has 0 aliphatic rings. The molecule has 29 heavy (non-hydrogen) atoms. The van der Waals surface area contributed by atoms with Gasteiger partial charge in [0.1, 0.15) is 11.5 Å². The van der Waals surface area contributed by atoms with Crippen LogP contribution < -0.4 is 0 Å². The minimum atomic E-state index is -4.06. The number of phenolic OH excluding ortho intramolecular Hbond substituents is 2. The van der Waals surface area contributed by atoms with Gasteiger partial charge in [0.15, 0.2) is 0 Å². The molecule has 4 aromatic carbocycles. The second-order valence-corrected chi connectivity index (χ2v) is 8.48. The topological polar surface area (TPSA) is 74.6 Å². The minimum absolute atomic E-state index is 0.0218. The van der Waals surface area contributed by atoms with Gasteiger partial charge in [-0.25, -0.2) is 8.42 Å². The predicted molar refractivity (Wildman–Crippen MR) is 113 cm³/mol. The molecule has 0 aliphatic carbocycles. The number of aromatic hydroxyl groups is 2. The summed E-state index contributed by atoms with van der Waals surface area (Å²) in [7, 11) is -4.06. The Morgan fingerprint density at radius 3 is 1.28 bits per heavy atom. The van der Waals surface area contributed by atoms with Crippen molar-refractivity contribution >= 4 is 9.84 Å². The number of sulfone groups is 1. The summed E-state index contributed by atoms with van der Waals surface area (Å²) in [6, 6.07) is 26.8. The van der Waals surface area contributed by atoms with E-state index in [4.69, 9.17) is 0 Å². The van der Waals surface area contributed by atoms with Crippen LogP contribution in [-0.2, 0) is 9.84 Å². The van der Waals surface area contributed by atoms with Crippen molar-refractivity contribution in [2.45, 2.75) is 9.79 Å². The second-order valence-electron chi connectivity index (χ2n) is 6.60. The fraction of sp³-hybridized carbons (Fsp3) is 0. The zero-order valence-corrected chi connectivity index (χ0v) is 16.2. The van der Waals surface area contributed by atoms with Gasteiger partial charge in [-0.05, 0) is 47.5 Å². The lowest BCUT2D eigenvalue weighted by Gasteiger charge is -2.15. The van der Waals surface area contributed by atoms with E-state index in [9.17, 15) is 18.6 Å². The highest BCUT2D eigenvalue weighted by Gasteiger charge is 2.26. The number of hydrogen-bond donors (Lipinski definition) is 2. The van der Waals surface area contributed by atoms with Gasteiger partial charge >= 0.3 is 0 Å². The van der Waals surface area contributed by atoms with Crippen molar-refractivity contribution in [3.8, 4) is 33.8 Å². The molecule has 0 unspecified atom stereocenters. The maximum Gasteiger partial charge on any atom is 0.208 e. The Bertz CT molecular complexity index is 1170. The molecule has 4 rings (SSSR count). The van der Waals surface area contributed by atoms with Crippen LogP contribution in [0.2, 0.25) is 0 Å². The Labute approximate surface area is 169 Å². The molecule has 0 heterocycles. The van der Waals surface area contributed by atoms with Crippen molar-refractivity contribution in [3.05, 3.63) is 97.1 Å². The fourth-order valence-electron chi connectivity index (χ4n) is 3.30. The highest BCUT2D eigenvalue weighted by Crippen LogP contribution is 2.38. The van der Waals surface area contributed by atoms with Crippen LogP contribution in [0, 0.1) is 0 Å². The van der Waals surface area contributed by atoms with Crippen molar-refractivity contribution < 1.29 is 18.6 Å². The Kier molecular flexibility index (Phi) is 4.82. The van der Waals surface area contributed by atoms with Crippen molar-refractivity contribution in [2.24, 2.45) is 0 Å². The fourth-order valence-corrected chi connectivity index (χ4v) is 5.04. The smallest absolute Gasteiger partial charge is 0.208 e. The van der Waals surface area contributed by atoms with E-state index in [1.165, 1.54) is 24.3 Å². The van der Waals surface area contributed by atoms with E-state index >= 15 is 0 Å². The third kappa shape index (κ3) is 3.60. The molecule has 0 spiro atoms. The molecule has 0 atom stereocenters. The van der Waals surface area contributed by atoms with E-state index in [0.29, 0.717) is 22.3 Å². The molecule has 2 N–H and O–H groups in total. The lowest BCUT2D eigenvalue weighted by molar-refractivity contribution is 0.473. The summed E-state index contributed by atoms with van der Waals surface area (Å²) in [5.41, 5.74) is 2.39. The maximum absolute atomic E-state index is 13.7. The van der Waals surface area contributed by atoms with Crippen LogP contribution >= 0.6 is 0 Å². The van der Waals surface area contributed by atoms with Crippen molar-refractivity contribution in [2.75, 3.05) is 0 Å². The molecule has 0 saturated heterocycles. The van der Waals surface area contributed by atoms with Crippen LogP contribution in [0.4, 0.5) is 0 Å². The molecule has 144 valence electrons. The largest absolute Gasteiger partial charge is 0.508 e. The van der Waals surface area contributed by atoms with E-state index in [-0.39, 0.29) is 21.3 Å². The van der Waals surface area contributed by atoms with E-state index in [1.54, 1.807) is 12.1 Å². The van der Waals surface area contributed by atoms with E-state index in [2.05, 4.69) is 0 Å². The Morgan fingerprint density at radius 1 is 0.517 bits per heavy atom. The van der Waals surface area contributed by atoms with Crippen molar-refractivity contribution in [3.63, 3.8) is 0 Å². The van der Waals surface area contributed by atoms with Gasteiger partial charge in [-0.3, -0.25) is 0 Å². The average Bonchev–Trinajstić information content (AvgIpc) is 2.75. The molecule has 0 aromatic heterocycles. The highest BCUT2D eigenvalue weighted by atomic mass is 32.2. The second kappa shape index (κ2) is 7.45. The van der Waals surface area contributed by atoms with Gasteiger partial charge < -0.3 is 10.2 Å². The van der Waals surface area contributed by atoms with Gasteiger partial charge in [0.2, 0.25) is 9.84 Å². The molecule has 0 aliphatic heterocycles. The third-order valence-corrected chi connectivity index (χ3v) is 6.51. The van der Waals surface area contributed by atoms with Gasteiger partial charge in [-0.2, -0.15) is 0 Å². The molecule has 0 fully saturated rings. The first-order valence-electron chi connectivity index (χ1n) is 8.99. The normalized spacial score (nSPS) is 11.3. The van der Waals surface area contributed by atoms with Crippen molar-refractivity contribution in [1.82, 2.24) is 0 Å². The SMILES string of the molecule is O=S(=O)(c1cc(O)ccc1-c1ccccc1)c1cc(O)ccc1-c1ccccc1. The molecule has 0 saturated carbocycles. The summed E-state index contributed by atoms with van der Waals surface area (Å²) >= 11 is 0. The number of rotatable bonds is 4. The third-order valence-electron chi connectivity index (χ3n) is 4.68. The van der Waals surface area contributed by atoms with Crippen LogP contribution in [-0.4, -0.2) is 18.6 Å². The minimum Gasteiger partial charge on any atom is -0.508 e. The van der Waals surface area contributed by atoms with Crippen LogP contribution in [0.15, 0.2) is 107 Å². The Morgan fingerprint density at radius 2 is 0.897 bits per heavy atom. The van der Waals surface area contributed by atoms with Gasteiger partial charge in [-0.15, -0.1) is 0 Å². The van der Waals surface area contributed by atoms with Crippen LogP contribution in [0.3, 0.4) is 0 Å². The molecular weight excluding hydrogens is 384 g/mol. The predicted octanol–water partition coefficient (Wildman–Crippen LogP) is 5.26. The summed E-state index contributed by atoms with van der Waals surface area (Å²) in [5.74, 6) is -0.297. The summed E-state index contributed by atoms with van der Waals surface area (Å²) in [5, 5.41) is 20.0. The first-order valence-corrected chi connectivity index (χ1v) is 10.5.